The van der Waals surface area contributed by atoms with Crippen LogP contribution < -0.4 is 0 Å². The summed E-state index contributed by atoms with van der Waals surface area (Å²) in [5.41, 5.74) is 0. The molecule has 0 rings (SSSR count). The lowest BCUT2D eigenvalue weighted by Crippen LogP contribution is -2.49. The van der Waals surface area contributed by atoms with Crippen LogP contribution in [-0.4, -0.2) is 23.3 Å². The third-order valence-electron chi connectivity index (χ3n) is 0.899. The molecular formula is C4ClF7O. The second-order valence-electron chi connectivity index (χ2n) is 1.90. The van der Waals surface area contributed by atoms with Crippen LogP contribution in [0.15, 0.2) is 0 Å². The van der Waals surface area contributed by atoms with Gasteiger partial charge >= 0.3 is 17.5 Å². The summed E-state index contributed by atoms with van der Waals surface area (Å²) < 4.78 is 80.5. The lowest BCUT2D eigenvalue weighted by atomic mass is 10.2. The van der Waals surface area contributed by atoms with Crippen molar-refractivity contribution >= 4 is 17.4 Å². The van der Waals surface area contributed by atoms with Crippen LogP contribution in [0.1, 0.15) is 0 Å². The molecule has 0 aliphatic rings. The monoisotopic (exact) mass is 232 g/mol. The van der Waals surface area contributed by atoms with Crippen molar-refractivity contribution in [2.45, 2.75) is 17.5 Å². The molecule has 0 radical (unpaired) electrons. The Hall–Kier alpha value is -0.530. The highest BCUT2D eigenvalue weighted by molar-refractivity contribution is 6.33. The zero-order valence-electron chi connectivity index (χ0n) is 5.43. The van der Waals surface area contributed by atoms with Crippen LogP contribution in [0.5, 0.6) is 0 Å². The number of carbonyl (C=O) groups excluding carboxylic acids is 1. The van der Waals surface area contributed by atoms with Crippen LogP contribution in [0.3, 0.4) is 0 Å². The molecule has 0 aromatic carbocycles. The molecule has 0 fully saturated rings. The van der Waals surface area contributed by atoms with Gasteiger partial charge in [0.15, 0.2) is 0 Å². The highest BCUT2D eigenvalue weighted by atomic mass is 35.5. The van der Waals surface area contributed by atoms with Crippen molar-refractivity contribution in [2.75, 3.05) is 0 Å². The summed E-state index contributed by atoms with van der Waals surface area (Å²) in [5.74, 6) is -9.83. The van der Waals surface area contributed by atoms with Gasteiger partial charge in [-0.3, -0.25) is 4.79 Å². The summed E-state index contributed by atoms with van der Waals surface area (Å²) in [6.07, 6.45) is -6.37. The molecule has 0 aliphatic carbocycles. The first-order chi connectivity index (χ1) is 5.40. The van der Waals surface area contributed by atoms with Crippen LogP contribution in [0.4, 0.5) is 30.7 Å². The maximum Gasteiger partial charge on any atom is 0.461 e. The fraction of sp³-hybridized carbons (Fsp3) is 0.750. The molecule has 78 valence electrons. The van der Waals surface area contributed by atoms with Crippen molar-refractivity contribution in [3.8, 4) is 0 Å². The molecule has 0 N–H and O–H groups in total. The van der Waals surface area contributed by atoms with E-state index in [-0.39, 0.29) is 0 Å². The number of halogens is 8. The number of Topliss-reactive ketones (excluding diaryl/α,β-unsaturated/α-hetero) is 1. The average Bonchev–Trinajstić information content (AvgIpc) is 1.81. The van der Waals surface area contributed by atoms with Crippen molar-refractivity contribution in [3.63, 3.8) is 0 Å². The van der Waals surface area contributed by atoms with Gasteiger partial charge < -0.3 is 0 Å². The Morgan fingerprint density at radius 2 is 1.23 bits per heavy atom. The molecule has 0 amide bonds. The molecule has 0 saturated carbocycles. The smallest absolute Gasteiger partial charge is 0.284 e. The van der Waals surface area contributed by atoms with Gasteiger partial charge in [0.1, 0.15) is 0 Å². The SMILES string of the molecule is O=C(C(F)(F)Cl)C(F)(F)C(F)(F)F. The fourth-order valence-corrected chi connectivity index (χ4v) is 0.425. The van der Waals surface area contributed by atoms with Gasteiger partial charge in [-0.1, -0.05) is 0 Å². The molecule has 0 spiro atoms. The maximum absolute atomic E-state index is 11.8. The molecule has 13 heavy (non-hydrogen) atoms. The minimum Gasteiger partial charge on any atom is -0.284 e. The number of ketones is 1. The number of rotatable bonds is 2. The predicted molar refractivity (Wildman–Crippen MR) is 26.8 cm³/mol. The summed E-state index contributed by atoms with van der Waals surface area (Å²) in [7, 11) is 0. The lowest BCUT2D eigenvalue weighted by molar-refractivity contribution is -0.274. The van der Waals surface area contributed by atoms with E-state index in [0.717, 1.165) is 0 Å². The Labute approximate surface area is 71.5 Å². The number of hydrogen-bond acceptors (Lipinski definition) is 1. The van der Waals surface area contributed by atoms with Crippen molar-refractivity contribution in [1.82, 2.24) is 0 Å². The summed E-state index contributed by atoms with van der Waals surface area (Å²) >= 11 is 3.71. The Bertz CT molecular complexity index is 214. The van der Waals surface area contributed by atoms with E-state index in [1.54, 1.807) is 0 Å². The van der Waals surface area contributed by atoms with Crippen molar-refractivity contribution < 1.29 is 35.5 Å². The van der Waals surface area contributed by atoms with Gasteiger partial charge in [-0.05, 0) is 11.6 Å². The van der Waals surface area contributed by atoms with Crippen LogP contribution in [0, 0.1) is 0 Å². The van der Waals surface area contributed by atoms with Gasteiger partial charge in [0.25, 0.3) is 5.78 Å². The van der Waals surface area contributed by atoms with E-state index in [1.807, 2.05) is 0 Å². The number of alkyl halides is 8. The predicted octanol–water partition coefficient (Wildman–Crippen LogP) is 2.58. The van der Waals surface area contributed by atoms with Crippen molar-refractivity contribution in [3.05, 3.63) is 0 Å². The Morgan fingerprint density at radius 1 is 0.923 bits per heavy atom. The van der Waals surface area contributed by atoms with E-state index < -0.39 is 23.3 Å². The second kappa shape index (κ2) is 3.00. The standard InChI is InChI=1S/C4ClF7O/c5-3(8,9)1(13)2(6,7)4(10,11)12. The van der Waals surface area contributed by atoms with E-state index in [2.05, 4.69) is 11.6 Å². The summed E-state index contributed by atoms with van der Waals surface area (Å²) in [5, 5.41) is -5.24. The number of carbonyl (C=O) groups is 1. The normalized spacial score (nSPS) is 14.5. The van der Waals surface area contributed by atoms with Crippen LogP contribution in [0.2, 0.25) is 0 Å². The molecule has 0 aliphatic heterocycles. The molecule has 0 aromatic heterocycles. The quantitative estimate of drug-likeness (QED) is 0.528. The first-order valence-corrected chi connectivity index (χ1v) is 2.84. The van der Waals surface area contributed by atoms with Crippen molar-refractivity contribution in [2.24, 2.45) is 0 Å². The van der Waals surface area contributed by atoms with Gasteiger partial charge in [-0.2, -0.15) is 30.7 Å². The topological polar surface area (TPSA) is 17.1 Å². The molecule has 0 heterocycles. The molecule has 0 unspecified atom stereocenters. The molecule has 0 saturated heterocycles. The third-order valence-corrected chi connectivity index (χ3v) is 1.07. The van der Waals surface area contributed by atoms with E-state index >= 15 is 0 Å². The molecular weight excluding hydrogens is 232 g/mol. The summed E-state index contributed by atoms with van der Waals surface area (Å²) in [6, 6.07) is 0. The zero-order valence-corrected chi connectivity index (χ0v) is 6.19. The molecule has 0 bridgehead atoms. The van der Waals surface area contributed by atoms with Crippen LogP contribution in [0.25, 0.3) is 0 Å². The second-order valence-corrected chi connectivity index (χ2v) is 2.37. The summed E-state index contributed by atoms with van der Waals surface area (Å²) in [6.45, 7) is 0. The number of hydrogen-bond donors (Lipinski definition) is 0. The highest BCUT2D eigenvalue weighted by Gasteiger charge is 2.68. The van der Waals surface area contributed by atoms with E-state index in [9.17, 15) is 35.5 Å². The summed E-state index contributed by atoms with van der Waals surface area (Å²) in [4.78, 5) is 9.78. The molecule has 0 aromatic rings. The van der Waals surface area contributed by atoms with Crippen LogP contribution >= 0.6 is 11.6 Å². The first-order valence-electron chi connectivity index (χ1n) is 2.47. The Kier molecular flexibility index (Phi) is 2.88. The minimum atomic E-state index is -6.37. The van der Waals surface area contributed by atoms with Gasteiger partial charge in [0.2, 0.25) is 0 Å². The van der Waals surface area contributed by atoms with Gasteiger partial charge in [0, 0.05) is 0 Å². The lowest BCUT2D eigenvalue weighted by Gasteiger charge is -2.19. The molecule has 1 nitrogen and oxygen atoms in total. The Balaban J connectivity index is 4.98. The van der Waals surface area contributed by atoms with Crippen LogP contribution in [-0.2, 0) is 4.79 Å². The maximum atomic E-state index is 11.8. The molecule has 9 heteroatoms. The zero-order chi connectivity index (χ0) is 11.1. The van der Waals surface area contributed by atoms with E-state index in [4.69, 9.17) is 0 Å². The van der Waals surface area contributed by atoms with Gasteiger partial charge in [-0.25, -0.2) is 0 Å². The van der Waals surface area contributed by atoms with Crippen molar-refractivity contribution in [1.29, 1.82) is 0 Å². The first kappa shape index (κ1) is 12.5. The van der Waals surface area contributed by atoms with Gasteiger partial charge in [-0.15, -0.1) is 0 Å². The van der Waals surface area contributed by atoms with Gasteiger partial charge in [0.05, 0.1) is 0 Å². The minimum absolute atomic E-state index is 3.69. The Morgan fingerprint density at radius 3 is 1.31 bits per heavy atom. The average molecular weight is 232 g/mol. The van der Waals surface area contributed by atoms with E-state index in [0.29, 0.717) is 0 Å². The largest absolute Gasteiger partial charge is 0.461 e. The van der Waals surface area contributed by atoms with E-state index in [1.165, 1.54) is 0 Å². The fourth-order valence-electron chi connectivity index (χ4n) is 0.307. The molecule has 0 atom stereocenters. The highest BCUT2D eigenvalue weighted by Crippen LogP contribution is 2.41. The third kappa shape index (κ3) is 2.45.